The van der Waals surface area contributed by atoms with E-state index in [0.29, 0.717) is 13.2 Å². The molecule has 1 aliphatic rings. The van der Waals surface area contributed by atoms with Crippen LogP contribution in [0.25, 0.3) is 0 Å². The molecule has 2 nitrogen and oxygen atoms in total. The van der Waals surface area contributed by atoms with E-state index in [0.717, 1.165) is 12.8 Å². The number of alkyl halides is 1. The second kappa shape index (κ2) is 5.64. The largest absolute Gasteiger partial charge is 0.374 e. The second-order valence-corrected chi connectivity index (χ2v) is 4.77. The van der Waals surface area contributed by atoms with Crippen molar-refractivity contribution < 1.29 is 9.47 Å². The Hall–Kier alpha value is -0.380. The summed E-state index contributed by atoms with van der Waals surface area (Å²) in [4.78, 5) is 0. The van der Waals surface area contributed by atoms with E-state index in [9.17, 15) is 0 Å². The van der Waals surface area contributed by atoms with Crippen LogP contribution in [0, 0.1) is 0 Å². The van der Waals surface area contributed by atoms with Crippen molar-refractivity contribution in [2.45, 2.75) is 30.6 Å². The van der Waals surface area contributed by atoms with Crippen LogP contribution in [0.15, 0.2) is 30.3 Å². The predicted octanol–water partition coefficient (Wildman–Crippen LogP) is 3.10. The lowest BCUT2D eigenvalue weighted by atomic mass is 10.2. The summed E-state index contributed by atoms with van der Waals surface area (Å²) in [6.45, 7) is 1.37. The van der Waals surface area contributed by atoms with Crippen LogP contribution >= 0.6 is 15.9 Å². The molecular formula is C12H15BrO2. The molecule has 0 spiro atoms. The van der Waals surface area contributed by atoms with Gasteiger partial charge in [-0.15, -0.1) is 0 Å². The minimum absolute atomic E-state index is 0.225. The maximum atomic E-state index is 5.61. The highest BCUT2D eigenvalue weighted by Crippen LogP contribution is 2.23. The van der Waals surface area contributed by atoms with E-state index in [1.165, 1.54) is 5.56 Å². The number of halogens is 1. The summed E-state index contributed by atoms with van der Waals surface area (Å²) in [5.41, 5.74) is 1.21. The third-order valence-electron chi connectivity index (χ3n) is 2.47. The molecule has 82 valence electrons. The van der Waals surface area contributed by atoms with Gasteiger partial charge in [-0.3, -0.25) is 0 Å². The fourth-order valence-electron chi connectivity index (χ4n) is 1.67. The lowest BCUT2D eigenvalue weighted by Crippen LogP contribution is -2.14. The van der Waals surface area contributed by atoms with Crippen molar-refractivity contribution in [3.63, 3.8) is 0 Å². The Morgan fingerprint density at radius 1 is 1.27 bits per heavy atom. The van der Waals surface area contributed by atoms with Crippen molar-refractivity contribution in [1.29, 1.82) is 0 Å². The smallest absolute Gasteiger partial charge is 0.113 e. The predicted molar refractivity (Wildman–Crippen MR) is 62.9 cm³/mol. The Morgan fingerprint density at radius 2 is 2.07 bits per heavy atom. The summed E-state index contributed by atoms with van der Waals surface area (Å²) >= 11 is 3.44. The Balaban J connectivity index is 1.67. The first kappa shape index (κ1) is 11.1. The Kier molecular flexibility index (Phi) is 4.18. The molecule has 1 heterocycles. The third kappa shape index (κ3) is 3.59. The minimum atomic E-state index is 0.225. The van der Waals surface area contributed by atoms with Crippen molar-refractivity contribution >= 4 is 15.9 Å². The van der Waals surface area contributed by atoms with Gasteiger partial charge in [-0.05, 0) is 18.4 Å². The molecule has 3 heteroatoms. The number of hydrogen-bond donors (Lipinski definition) is 0. The van der Waals surface area contributed by atoms with Gasteiger partial charge in [0.05, 0.1) is 19.3 Å². The van der Waals surface area contributed by atoms with Crippen LogP contribution in [-0.2, 0) is 16.1 Å². The molecule has 1 aromatic rings. The minimum Gasteiger partial charge on any atom is -0.374 e. The fraction of sp³-hybridized carbons (Fsp3) is 0.500. The van der Waals surface area contributed by atoms with Crippen LogP contribution in [0.3, 0.4) is 0 Å². The lowest BCUT2D eigenvalue weighted by Gasteiger charge is -2.10. The zero-order valence-corrected chi connectivity index (χ0v) is 10.2. The zero-order valence-electron chi connectivity index (χ0n) is 8.56. The summed E-state index contributed by atoms with van der Waals surface area (Å²) in [5, 5.41) is 0.225. The average molecular weight is 271 g/mol. The SMILES string of the molecule is BrC1CCC(COCc2ccccc2)O1. The molecule has 1 saturated heterocycles. The van der Waals surface area contributed by atoms with Crippen LogP contribution in [0.5, 0.6) is 0 Å². The van der Waals surface area contributed by atoms with Crippen molar-refractivity contribution in [1.82, 2.24) is 0 Å². The number of hydrogen-bond acceptors (Lipinski definition) is 2. The Labute approximate surface area is 98.7 Å². The monoisotopic (exact) mass is 270 g/mol. The Bertz CT molecular complexity index is 289. The lowest BCUT2D eigenvalue weighted by molar-refractivity contribution is 0.00423. The summed E-state index contributed by atoms with van der Waals surface area (Å²) in [5.74, 6) is 0. The molecular weight excluding hydrogens is 256 g/mol. The van der Waals surface area contributed by atoms with Crippen molar-refractivity contribution in [2.75, 3.05) is 6.61 Å². The van der Waals surface area contributed by atoms with Crippen molar-refractivity contribution in [3.8, 4) is 0 Å². The number of rotatable bonds is 4. The summed E-state index contributed by atoms with van der Waals surface area (Å²) < 4.78 is 11.2. The molecule has 2 rings (SSSR count). The quantitative estimate of drug-likeness (QED) is 0.783. The molecule has 15 heavy (non-hydrogen) atoms. The van der Waals surface area contributed by atoms with E-state index in [2.05, 4.69) is 28.1 Å². The number of benzene rings is 1. The Morgan fingerprint density at radius 3 is 2.73 bits per heavy atom. The van der Waals surface area contributed by atoms with E-state index >= 15 is 0 Å². The molecule has 0 saturated carbocycles. The zero-order chi connectivity index (χ0) is 10.5. The van der Waals surface area contributed by atoms with Crippen molar-refractivity contribution in [2.24, 2.45) is 0 Å². The van der Waals surface area contributed by atoms with Gasteiger partial charge in [0.25, 0.3) is 0 Å². The molecule has 0 aromatic heterocycles. The topological polar surface area (TPSA) is 18.5 Å². The van der Waals surface area contributed by atoms with Gasteiger partial charge >= 0.3 is 0 Å². The molecule has 2 unspecified atom stereocenters. The highest BCUT2D eigenvalue weighted by atomic mass is 79.9. The summed E-state index contributed by atoms with van der Waals surface area (Å²) in [6, 6.07) is 10.2. The van der Waals surface area contributed by atoms with Gasteiger partial charge < -0.3 is 9.47 Å². The summed E-state index contributed by atoms with van der Waals surface area (Å²) in [7, 11) is 0. The van der Waals surface area contributed by atoms with Crippen LogP contribution < -0.4 is 0 Å². The molecule has 2 atom stereocenters. The fourth-order valence-corrected chi connectivity index (χ4v) is 2.24. The second-order valence-electron chi connectivity index (χ2n) is 3.75. The number of ether oxygens (including phenoxy) is 2. The maximum absolute atomic E-state index is 5.61. The van der Waals surface area contributed by atoms with Gasteiger partial charge in [-0.25, -0.2) is 0 Å². The van der Waals surface area contributed by atoms with Crippen LogP contribution in [0.2, 0.25) is 0 Å². The first-order valence-electron chi connectivity index (χ1n) is 5.26. The van der Waals surface area contributed by atoms with Gasteiger partial charge in [0.1, 0.15) is 5.01 Å². The molecule has 0 N–H and O–H groups in total. The molecule has 0 aliphatic carbocycles. The third-order valence-corrected chi connectivity index (χ3v) is 3.14. The molecule has 1 aromatic carbocycles. The summed E-state index contributed by atoms with van der Waals surface area (Å²) in [6.07, 6.45) is 2.43. The average Bonchev–Trinajstić information content (AvgIpc) is 2.66. The molecule has 0 radical (unpaired) electrons. The highest BCUT2D eigenvalue weighted by molar-refractivity contribution is 9.09. The van der Waals surface area contributed by atoms with Gasteiger partial charge in [0.2, 0.25) is 0 Å². The van der Waals surface area contributed by atoms with E-state index in [1.54, 1.807) is 0 Å². The van der Waals surface area contributed by atoms with Gasteiger partial charge in [-0.2, -0.15) is 0 Å². The first-order valence-corrected chi connectivity index (χ1v) is 6.17. The first-order chi connectivity index (χ1) is 7.34. The van der Waals surface area contributed by atoms with E-state index < -0.39 is 0 Å². The molecule has 0 bridgehead atoms. The molecule has 1 fully saturated rings. The van der Waals surface area contributed by atoms with Gasteiger partial charge in [0.15, 0.2) is 0 Å². The van der Waals surface area contributed by atoms with E-state index in [1.807, 2.05) is 18.2 Å². The molecule has 0 amide bonds. The van der Waals surface area contributed by atoms with Crippen LogP contribution in [-0.4, -0.2) is 17.7 Å². The van der Waals surface area contributed by atoms with Crippen LogP contribution in [0.1, 0.15) is 18.4 Å². The van der Waals surface area contributed by atoms with E-state index in [-0.39, 0.29) is 11.1 Å². The maximum Gasteiger partial charge on any atom is 0.113 e. The van der Waals surface area contributed by atoms with E-state index in [4.69, 9.17) is 9.47 Å². The van der Waals surface area contributed by atoms with Crippen LogP contribution in [0.4, 0.5) is 0 Å². The highest BCUT2D eigenvalue weighted by Gasteiger charge is 2.22. The van der Waals surface area contributed by atoms with Crippen molar-refractivity contribution in [3.05, 3.63) is 35.9 Å². The van der Waals surface area contributed by atoms with Gasteiger partial charge in [-0.1, -0.05) is 46.3 Å². The molecule has 1 aliphatic heterocycles. The standard InChI is InChI=1S/C12H15BrO2/c13-12-7-6-11(15-12)9-14-8-10-4-2-1-3-5-10/h1-5,11-12H,6-9H2. The van der Waals surface area contributed by atoms with Gasteiger partial charge in [0, 0.05) is 0 Å². The normalized spacial score (nSPS) is 25.7.